The van der Waals surface area contributed by atoms with Crippen molar-refractivity contribution in [2.24, 2.45) is 5.92 Å². The standard InChI is InChI=1S/C39H35BrN4O5/c1-25(7-6-12-36(46)42-23-29-10-3-2-8-27(29)19-32(42)24-45)39(49)34-20-30(40)15-18-35(34)43(38(39)48)22-26-13-16-31(17-14-26)44-37(47)33-11-5-4-9-28(33)21-41-44/h2-11,13-18,20-21,25,32,45,49H,12,19,22-24H2,1H3/b7-6+/t25-,32+,39+/m1/s1. The predicted octanol–water partition coefficient (Wildman–Crippen LogP) is 5.41. The van der Waals surface area contributed by atoms with Gasteiger partial charge in [0.25, 0.3) is 11.5 Å². The first-order valence-electron chi connectivity index (χ1n) is 16.2. The van der Waals surface area contributed by atoms with E-state index in [1.54, 1.807) is 59.3 Å². The van der Waals surface area contributed by atoms with Crippen LogP contribution >= 0.6 is 15.9 Å². The summed E-state index contributed by atoms with van der Waals surface area (Å²) in [7, 11) is 0. The molecule has 0 saturated heterocycles. The van der Waals surface area contributed by atoms with Crippen molar-refractivity contribution in [3.63, 3.8) is 0 Å². The summed E-state index contributed by atoms with van der Waals surface area (Å²) in [6.45, 7) is 2.27. The minimum absolute atomic E-state index is 0.0732. The fourth-order valence-corrected chi connectivity index (χ4v) is 7.31. The number of hydrogen-bond donors (Lipinski definition) is 2. The molecule has 0 bridgehead atoms. The van der Waals surface area contributed by atoms with Gasteiger partial charge >= 0.3 is 0 Å². The van der Waals surface area contributed by atoms with E-state index in [0.717, 1.165) is 26.5 Å². The van der Waals surface area contributed by atoms with Crippen LogP contribution in [0.1, 0.15) is 35.6 Å². The summed E-state index contributed by atoms with van der Waals surface area (Å²) in [5, 5.41) is 27.8. The van der Waals surface area contributed by atoms with E-state index in [2.05, 4.69) is 21.0 Å². The molecule has 9 nitrogen and oxygen atoms in total. The maximum atomic E-state index is 14.1. The molecule has 0 spiro atoms. The Balaban J connectivity index is 1.09. The zero-order valence-corrected chi connectivity index (χ0v) is 28.5. The second kappa shape index (κ2) is 13.2. The highest BCUT2D eigenvalue weighted by Gasteiger charge is 2.52. The van der Waals surface area contributed by atoms with Crippen LogP contribution in [0.25, 0.3) is 16.5 Å². The van der Waals surface area contributed by atoms with Crippen LogP contribution in [0.5, 0.6) is 0 Å². The van der Waals surface area contributed by atoms with Gasteiger partial charge < -0.3 is 20.0 Å². The summed E-state index contributed by atoms with van der Waals surface area (Å²) >= 11 is 3.50. The van der Waals surface area contributed by atoms with Crippen LogP contribution in [-0.2, 0) is 34.7 Å². The molecule has 10 heteroatoms. The third-order valence-electron chi connectivity index (χ3n) is 9.71. The first-order chi connectivity index (χ1) is 23.7. The van der Waals surface area contributed by atoms with E-state index in [1.807, 2.05) is 66.7 Å². The number of halogens is 1. The number of fused-ring (bicyclic) bond motifs is 3. The monoisotopic (exact) mass is 718 g/mol. The van der Waals surface area contributed by atoms with E-state index in [0.29, 0.717) is 35.3 Å². The maximum Gasteiger partial charge on any atom is 0.279 e. The second-order valence-corrected chi connectivity index (χ2v) is 13.6. The molecule has 2 N–H and O–H groups in total. The van der Waals surface area contributed by atoms with Crippen molar-refractivity contribution in [3.05, 3.63) is 146 Å². The lowest BCUT2D eigenvalue weighted by molar-refractivity contribution is -0.139. The molecule has 4 aromatic carbocycles. The Hall–Kier alpha value is -4.90. The largest absolute Gasteiger partial charge is 0.394 e. The SMILES string of the molecule is C[C@H](/C=C/CC(=O)N1Cc2ccccc2C[C@H]1CO)[C@@]1(O)C(=O)N(Cc2ccc(-n3ncc4ccccc4c3=O)cc2)c2ccc(Br)cc21. The third-order valence-corrected chi connectivity index (χ3v) is 10.2. The van der Waals surface area contributed by atoms with Crippen LogP contribution in [0.3, 0.4) is 0 Å². The highest BCUT2D eigenvalue weighted by atomic mass is 79.9. The molecule has 5 aromatic rings. The van der Waals surface area contributed by atoms with Crippen molar-refractivity contribution in [2.45, 2.75) is 44.5 Å². The number of hydrogen-bond acceptors (Lipinski definition) is 6. The fourth-order valence-electron chi connectivity index (χ4n) is 6.95. The maximum absolute atomic E-state index is 14.1. The van der Waals surface area contributed by atoms with Gasteiger partial charge in [0.2, 0.25) is 5.91 Å². The molecule has 248 valence electrons. The Labute approximate surface area is 291 Å². The van der Waals surface area contributed by atoms with E-state index in [-0.39, 0.29) is 37.1 Å². The lowest BCUT2D eigenvalue weighted by atomic mass is 9.83. The molecule has 0 saturated carbocycles. The van der Waals surface area contributed by atoms with Gasteiger partial charge in [-0.3, -0.25) is 14.4 Å². The van der Waals surface area contributed by atoms with Gasteiger partial charge in [0.05, 0.1) is 42.2 Å². The molecule has 0 radical (unpaired) electrons. The van der Waals surface area contributed by atoms with Gasteiger partial charge in [-0.2, -0.15) is 9.78 Å². The van der Waals surface area contributed by atoms with Gasteiger partial charge in [-0.25, -0.2) is 0 Å². The van der Waals surface area contributed by atoms with Crippen molar-refractivity contribution >= 4 is 44.2 Å². The van der Waals surface area contributed by atoms with Crippen LogP contribution in [0.15, 0.2) is 119 Å². The van der Waals surface area contributed by atoms with Crippen LogP contribution in [-0.4, -0.2) is 49.4 Å². The molecule has 0 unspecified atom stereocenters. The minimum Gasteiger partial charge on any atom is -0.394 e. The molecule has 0 aliphatic carbocycles. The smallest absolute Gasteiger partial charge is 0.279 e. The molecule has 3 atom stereocenters. The van der Waals surface area contributed by atoms with E-state index in [4.69, 9.17) is 0 Å². The summed E-state index contributed by atoms with van der Waals surface area (Å²) in [5.41, 5.74) is 2.61. The van der Waals surface area contributed by atoms with Gasteiger partial charge in [0.15, 0.2) is 5.60 Å². The number of amides is 2. The summed E-state index contributed by atoms with van der Waals surface area (Å²) in [5.74, 6) is -1.25. The van der Waals surface area contributed by atoms with E-state index < -0.39 is 17.4 Å². The summed E-state index contributed by atoms with van der Waals surface area (Å²) in [4.78, 5) is 43.8. The molecular formula is C39H35BrN4O5. The molecule has 1 aromatic heterocycles. The van der Waals surface area contributed by atoms with Gasteiger partial charge in [0.1, 0.15) is 0 Å². The topological polar surface area (TPSA) is 116 Å². The zero-order chi connectivity index (χ0) is 34.3. The van der Waals surface area contributed by atoms with Crippen molar-refractivity contribution in [2.75, 3.05) is 11.5 Å². The third kappa shape index (κ3) is 5.90. The Morgan fingerprint density at radius 3 is 2.53 bits per heavy atom. The van der Waals surface area contributed by atoms with Gasteiger partial charge in [0, 0.05) is 34.3 Å². The number of anilines is 1. The quantitative estimate of drug-likeness (QED) is 0.208. The van der Waals surface area contributed by atoms with Gasteiger partial charge in [-0.05, 0) is 59.5 Å². The normalized spacial score (nSPS) is 19.3. The number of aliphatic hydroxyl groups excluding tert-OH is 1. The number of aliphatic hydroxyl groups is 2. The van der Waals surface area contributed by atoms with Crippen LogP contribution in [0, 0.1) is 5.92 Å². The van der Waals surface area contributed by atoms with Gasteiger partial charge in [-0.1, -0.05) is 89.6 Å². The Morgan fingerprint density at radius 1 is 1.02 bits per heavy atom. The molecule has 0 fully saturated rings. The van der Waals surface area contributed by atoms with E-state index in [1.165, 1.54) is 4.68 Å². The average molecular weight is 720 g/mol. The van der Waals surface area contributed by atoms with Crippen LogP contribution in [0.4, 0.5) is 5.69 Å². The molecule has 7 rings (SSSR count). The Morgan fingerprint density at radius 2 is 1.76 bits per heavy atom. The Bertz CT molecular complexity index is 2160. The van der Waals surface area contributed by atoms with Crippen LogP contribution < -0.4 is 10.5 Å². The summed E-state index contributed by atoms with van der Waals surface area (Å²) in [6.07, 6.45) is 5.75. The fraction of sp³-hybridized carbons (Fsp3) is 0.231. The van der Waals surface area contributed by atoms with Crippen molar-refractivity contribution in [1.29, 1.82) is 0 Å². The molecule has 2 amide bonds. The summed E-state index contributed by atoms with van der Waals surface area (Å²) in [6, 6.07) is 27.6. The zero-order valence-electron chi connectivity index (χ0n) is 26.9. The number of rotatable bonds is 8. The molecule has 2 aliphatic heterocycles. The van der Waals surface area contributed by atoms with Crippen LogP contribution in [0.2, 0.25) is 0 Å². The first kappa shape index (κ1) is 32.6. The van der Waals surface area contributed by atoms with E-state index in [9.17, 15) is 24.6 Å². The number of benzene rings is 4. The average Bonchev–Trinajstić information content (AvgIpc) is 3.33. The highest BCUT2D eigenvalue weighted by molar-refractivity contribution is 9.10. The molecule has 3 heterocycles. The molecular weight excluding hydrogens is 684 g/mol. The number of carbonyl (C=O) groups is 2. The number of aromatic nitrogens is 2. The predicted molar refractivity (Wildman–Crippen MR) is 191 cm³/mol. The molecule has 49 heavy (non-hydrogen) atoms. The highest BCUT2D eigenvalue weighted by Crippen LogP contribution is 2.46. The molecule has 2 aliphatic rings. The van der Waals surface area contributed by atoms with Crippen molar-refractivity contribution in [1.82, 2.24) is 14.7 Å². The number of carbonyl (C=O) groups excluding carboxylic acids is 2. The van der Waals surface area contributed by atoms with Gasteiger partial charge in [-0.15, -0.1) is 0 Å². The van der Waals surface area contributed by atoms with E-state index >= 15 is 0 Å². The lowest BCUT2D eigenvalue weighted by Gasteiger charge is -2.36. The Kier molecular flexibility index (Phi) is 8.79. The summed E-state index contributed by atoms with van der Waals surface area (Å²) < 4.78 is 2.08. The number of nitrogens with zero attached hydrogens (tertiary/aromatic N) is 4. The lowest BCUT2D eigenvalue weighted by Crippen LogP contribution is -2.46. The first-order valence-corrected chi connectivity index (χ1v) is 17.0. The van der Waals surface area contributed by atoms with Crippen molar-refractivity contribution < 1.29 is 19.8 Å². The van der Waals surface area contributed by atoms with Crippen molar-refractivity contribution in [3.8, 4) is 5.69 Å². The second-order valence-electron chi connectivity index (χ2n) is 12.7. The minimum atomic E-state index is -1.86.